The summed E-state index contributed by atoms with van der Waals surface area (Å²) in [6, 6.07) is 28.9. The van der Waals surface area contributed by atoms with Gasteiger partial charge in [-0.05, 0) is 0 Å². The van der Waals surface area contributed by atoms with E-state index >= 15 is 0 Å². The van der Waals surface area contributed by atoms with Crippen molar-refractivity contribution in [1.29, 1.82) is 0 Å². The van der Waals surface area contributed by atoms with Gasteiger partial charge in [0.15, 0.2) is 0 Å². The van der Waals surface area contributed by atoms with Gasteiger partial charge in [0.05, 0.1) is 0 Å². The Morgan fingerprint density at radius 2 is 1.42 bits per heavy atom. The Bertz CT molecular complexity index is 1850. The van der Waals surface area contributed by atoms with Crippen molar-refractivity contribution in [2.75, 3.05) is 0 Å². The van der Waals surface area contributed by atoms with Crippen LogP contribution < -0.4 is 9.81 Å². The minimum atomic E-state index is -5.08. The van der Waals surface area contributed by atoms with Crippen molar-refractivity contribution < 1.29 is 18.3 Å². The van der Waals surface area contributed by atoms with Gasteiger partial charge in [-0.1, -0.05) is 0 Å². The molecule has 0 fully saturated rings. The van der Waals surface area contributed by atoms with E-state index in [2.05, 4.69) is 120 Å². The SMILES string of the molecule is Cl.Cl.[CH2]=[Zr]([C]1=CC(C(C)(C)C)=CC1CCC)([c]1cccc(Cl)c1)([c]1cccc(Cl)c1)[c]1c(C)ccc2c1Cc1cc(C)ccc1-2. The normalized spacial score (nSPS) is 15.8. The molecule has 1 unspecified atom stereocenters. The number of halogens is 4. The fourth-order valence-corrected chi connectivity index (χ4v) is 26.4. The molecular weight excluding hydrogens is 713 g/mol. The van der Waals surface area contributed by atoms with Crippen LogP contribution in [-0.4, -0.2) is 4.21 Å². The van der Waals surface area contributed by atoms with Crippen molar-refractivity contribution in [3.8, 4) is 11.1 Å². The van der Waals surface area contributed by atoms with Crippen molar-refractivity contribution in [3.63, 3.8) is 0 Å². The Kier molecular flexibility index (Phi) is 10.5. The standard InChI is InChI=1S/C15H13.C12H19.2C6H4Cl.CH2.2ClH.Zr/c1-10-3-5-14-12(7-10)9-13-8-11(2)4-6-15(13)14;1-5-6-10-7-8-11(9-10)12(2,3)4;2*7-6-4-2-1-3-5-6;;;;/h3-7H,9H2,1-2H3;8-10H,5-6H2,1-4H3;2*1-2,4-5H;1H2;2*1H;. The van der Waals surface area contributed by atoms with Crippen LogP contribution in [0.4, 0.5) is 0 Å². The molecule has 0 N–H and O–H groups in total. The van der Waals surface area contributed by atoms with E-state index in [0.29, 0.717) is 5.92 Å². The Morgan fingerprint density at radius 1 is 0.822 bits per heavy atom. The zero-order chi connectivity index (χ0) is 30.8. The second-order valence-electron chi connectivity index (χ2n) is 14.0. The van der Waals surface area contributed by atoms with Crippen molar-refractivity contribution in [2.45, 2.75) is 60.8 Å². The number of allylic oxidation sites excluding steroid dienone is 4. The molecule has 2 aliphatic carbocycles. The second kappa shape index (κ2) is 13.1. The molecule has 0 nitrogen and oxygen atoms in total. The number of hydrogen-bond acceptors (Lipinski definition) is 0. The summed E-state index contributed by atoms with van der Waals surface area (Å²) < 4.78 is 11.2. The molecule has 236 valence electrons. The van der Waals surface area contributed by atoms with E-state index in [9.17, 15) is 0 Å². The van der Waals surface area contributed by atoms with Crippen LogP contribution in [0.25, 0.3) is 11.1 Å². The van der Waals surface area contributed by atoms with Crippen LogP contribution in [0, 0.1) is 25.2 Å². The van der Waals surface area contributed by atoms with Crippen LogP contribution in [0.15, 0.2) is 99.9 Å². The van der Waals surface area contributed by atoms with Gasteiger partial charge in [-0.25, -0.2) is 0 Å². The summed E-state index contributed by atoms with van der Waals surface area (Å²) >= 11 is 8.76. The number of rotatable bonds is 6. The quantitative estimate of drug-likeness (QED) is 0.162. The first kappa shape index (κ1) is 36.1. The molecule has 1 atom stereocenters. The summed E-state index contributed by atoms with van der Waals surface area (Å²) in [4.78, 5) is 0. The number of benzene rings is 4. The molecule has 0 heterocycles. The molecule has 0 spiro atoms. The number of hydrogen-bond donors (Lipinski definition) is 0. The van der Waals surface area contributed by atoms with E-state index in [1.165, 1.54) is 52.0 Å². The second-order valence-corrected chi connectivity index (χ2v) is 27.5. The molecule has 0 aliphatic heterocycles. The van der Waals surface area contributed by atoms with Gasteiger partial charge in [0.1, 0.15) is 0 Å². The molecule has 4 aromatic carbocycles. The van der Waals surface area contributed by atoms with E-state index in [0.717, 1.165) is 29.3 Å². The fourth-order valence-electron chi connectivity index (χ4n) is 8.10. The average molecular weight is 758 g/mol. The average Bonchev–Trinajstić information content (AvgIpc) is 3.55. The van der Waals surface area contributed by atoms with Gasteiger partial charge >= 0.3 is 271 Å². The van der Waals surface area contributed by atoms with Crippen LogP contribution in [0.2, 0.25) is 10.0 Å². The van der Waals surface area contributed by atoms with Crippen molar-refractivity contribution in [1.82, 2.24) is 0 Å². The van der Waals surface area contributed by atoms with E-state index in [4.69, 9.17) is 27.4 Å². The molecule has 4 aromatic rings. The monoisotopic (exact) mass is 754 g/mol. The van der Waals surface area contributed by atoms with Gasteiger partial charge < -0.3 is 0 Å². The summed E-state index contributed by atoms with van der Waals surface area (Å²) in [5.74, 6) is 0.293. The Morgan fingerprint density at radius 3 is 1.98 bits per heavy atom. The molecule has 0 saturated heterocycles. The fraction of sp³-hybridized carbons (Fsp3) is 0.275. The molecule has 0 radical (unpaired) electrons. The third-order valence-corrected chi connectivity index (χ3v) is 27.2. The summed E-state index contributed by atoms with van der Waals surface area (Å²) in [6.07, 6.45) is 8.21. The van der Waals surface area contributed by atoms with E-state index in [1.54, 1.807) is 0 Å². The van der Waals surface area contributed by atoms with Crippen LogP contribution >= 0.6 is 48.0 Å². The zero-order valence-corrected chi connectivity index (χ0v) is 32.7. The van der Waals surface area contributed by atoms with Crippen molar-refractivity contribution in [3.05, 3.63) is 132 Å². The summed E-state index contributed by atoms with van der Waals surface area (Å²) in [5, 5.41) is 1.50. The van der Waals surface area contributed by atoms with E-state index in [1.807, 2.05) is 12.1 Å². The number of aryl methyl sites for hydroxylation is 2. The first-order valence-electron chi connectivity index (χ1n) is 15.6. The summed E-state index contributed by atoms with van der Waals surface area (Å²) in [5.41, 5.74) is 9.56. The van der Waals surface area contributed by atoms with Gasteiger partial charge in [-0.3, -0.25) is 0 Å². The molecule has 6 rings (SSSR count). The molecule has 5 heteroatoms. The van der Waals surface area contributed by atoms with Crippen LogP contribution in [0.3, 0.4) is 0 Å². The Labute approximate surface area is 293 Å². The van der Waals surface area contributed by atoms with Gasteiger partial charge in [-0.2, -0.15) is 0 Å². The Hall–Kier alpha value is -1.73. The van der Waals surface area contributed by atoms with Crippen molar-refractivity contribution in [2.24, 2.45) is 11.3 Å². The predicted octanol–water partition coefficient (Wildman–Crippen LogP) is 10.7. The van der Waals surface area contributed by atoms with Gasteiger partial charge in [0.25, 0.3) is 0 Å². The number of fused-ring (bicyclic) bond motifs is 3. The maximum atomic E-state index is 6.92. The summed E-state index contributed by atoms with van der Waals surface area (Å²) in [7, 11) is 0. The third kappa shape index (κ3) is 5.74. The maximum absolute atomic E-state index is 6.92. The van der Waals surface area contributed by atoms with Crippen LogP contribution in [0.5, 0.6) is 0 Å². The third-order valence-electron chi connectivity index (χ3n) is 10.1. The predicted molar refractivity (Wildman–Crippen MR) is 202 cm³/mol. The molecular formula is C40H44Cl4Zr. The molecule has 0 amide bonds. The first-order valence-corrected chi connectivity index (χ1v) is 23.0. The topological polar surface area (TPSA) is 0 Å². The summed E-state index contributed by atoms with van der Waals surface area (Å²) in [6.45, 7) is 13.8. The zero-order valence-electron chi connectivity index (χ0n) is 27.1. The Balaban J connectivity index is 0.00000230. The minimum absolute atomic E-state index is 0. The van der Waals surface area contributed by atoms with E-state index < -0.39 is 18.3 Å². The molecule has 45 heavy (non-hydrogen) atoms. The van der Waals surface area contributed by atoms with Gasteiger partial charge in [0.2, 0.25) is 0 Å². The first-order chi connectivity index (χ1) is 20.4. The molecule has 0 saturated carbocycles. The molecule has 0 aromatic heterocycles. The van der Waals surface area contributed by atoms with Gasteiger partial charge in [0, 0.05) is 0 Å². The molecule has 0 bridgehead atoms. The van der Waals surface area contributed by atoms with Crippen molar-refractivity contribution >= 4 is 62.0 Å². The van der Waals surface area contributed by atoms with Crippen LogP contribution in [-0.2, 0) is 24.7 Å². The molecule has 2 aliphatic rings. The van der Waals surface area contributed by atoms with E-state index in [-0.39, 0.29) is 30.2 Å². The van der Waals surface area contributed by atoms with Crippen LogP contribution in [0.1, 0.15) is 62.8 Å². The van der Waals surface area contributed by atoms with Gasteiger partial charge in [-0.15, -0.1) is 24.8 Å².